The number of para-hydroxylation sites is 1. The molecule has 0 saturated heterocycles. The normalized spacial score (nSPS) is 13.6. The minimum Gasteiger partial charge on any atom is -0.452 e. The maximum atomic E-state index is 12.5. The maximum Gasteiger partial charge on any atom is 0.340 e. The molecule has 0 saturated carbocycles. The third kappa shape index (κ3) is 4.94. The zero-order valence-corrected chi connectivity index (χ0v) is 15.6. The van der Waals surface area contributed by atoms with Gasteiger partial charge in [0, 0.05) is 19.2 Å². The lowest BCUT2D eigenvalue weighted by atomic mass is 10.0. The van der Waals surface area contributed by atoms with Crippen LogP contribution in [0.4, 0.5) is 5.69 Å². The third-order valence-corrected chi connectivity index (χ3v) is 4.35. The molecule has 1 aliphatic rings. The van der Waals surface area contributed by atoms with Gasteiger partial charge in [0.25, 0.3) is 5.91 Å². The summed E-state index contributed by atoms with van der Waals surface area (Å²) in [7, 11) is 0. The van der Waals surface area contributed by atoms with Gasteiger partial charge in [-0.05, 0) is 51.2 Å². The molecule has 140 valence electrons. The first-order chi connectivity index (χ1) is 12.4. The molecule has 0 aromatic heterocycles. The molecule has 0 aliphatic heterocycles. The van der Waals surface area contributed by atoms with Gasteiger partial charge in [-0.2, -0.15) is 0 Å². The van der Waals surface area contributed by atoms with Crippen LogP contribution < -0.4 is 5.32 Å². The van der Waals surface area contributed by atoms with Crippen LogP contribution in [0.15, 0.2) is 30.0 Å². The van der Waals surface area contributed by atoms with Crippen molar-refractivity contribution in [2.45, 2.75) is 46.5 Å². The Labute approximate surface area is 154 Å². The number of rotatable bonds is 6. The monoisotopic (exact) mass is 358 g/mol. The second-order valence-corrected chi connectivity index (χ2v) is 6.33. The van der Waals surface area contributed by atoms with E-state index in [1.165, 1.54) is 6.92 Å². The molecule has 0 spiro atoms. The van der Waals surface area contributed by atoms with Crippen molar-refractivity contribution in [2.75, 3.05) is 18.5 Å². The lowest BCUT2D eigenvalue weighted by molar-refractivity contribution is -0.132. The summed E-state index contributed by atoms with van der Waals surface area (Å²) in [6.07, 6.45) is 6.14. The fourth-order valence-electron chi connectivity index (χ4n) is 3.07. The lowest BCUT2D eigenvalue weighted by Gasteiger charge is -2.26. The summed E-state index contributed by atoms with van der Waals surface area (Å²) in [4.78, 5) is 38.0. The highest BCUT2D eigenvalue weighted by atomic mass is 16.5. The number of likely N-dealkylation sites (N-methyl/N-ethyl adjacent to an activating group) is 1. The molecule has 0 bridgehead atoms. The van der Waals surface area contributed by atoms with E-state index in [9.17, 15) is 14.4 Å². The zero-order chi connectivity index (χ0) is 19.1. The van der Waals surface area contributed by atoms with Crippen molar-refractivity contribution < 1.29 is 19.1 Å². The summed E-state index contributed by atoms with van der Waals surface area (Å²) in [6.45, 7) is 5.30. The predicted molar refractivity (Wildman–Crippen MR) is 99.7 cm³/mol. The molecule has 1 aromatic rings. The summed E-state index contributed by atoms with van der Waals surface area (Å²) in [6, 6.07) is 5.08. The zero-order valence-electron chi connectivity index (χ0n) is 15.6. The van der Waals surface area contributed by atoms with Crippen LogP contribution in [0.2, 0.25) is 0 Å². The summed E-state index contributed by atoms with van der Waals surface area (Å²) in [5, 5.41) is 2.65. The van der Waals surface area contributed by atoms with Crippen LogP contribution >= 0.6 is 0 Å². The van der Waals surface area contributed by atoms with Gasteiger partial charge in [-0.3, -0.25) is 9.59 Å². The number of benzene rings is 1. The number of ether oxygens (including phenoxy) is 1. The molecule has 1 aliphatic carbocycles. The van der Waals surface area contributed by atoms with Gasteiger partial charge in [-0.25, -0.2) is 4.79 Å². The molecule has 0 atom stereocenters. The molecule has 2 rings (SSSR count). The van der Waals surface area contributed by atoms with Gasteiger partial charge in [-0.1, -0.05) is 18.2 Å². The Morgan fingerprint density at radius 3 is 2.62 bits per heavy atom. The van der Waals surface area contributed by atoms with Crippen LogP contribution in [0, 0.1) is 6.92 Å². The predicted octanol–water partition coefficient (Wildman–Crippen LogP) is 3.42. The van der Waals surface area contributed by atoms with Crippen LogP contribution in [-0.4, -0.2) is 35.8 Å². The van der Waals surface area contributed by atoms with Crippen molar-refractivity contribution in [3.63, 3.8) is 0 Å². The minimum atomic E-state index is -0.625. The van der Waals surface area contributed by atoms with E-state index in [4.69, 9.17) is 4.74 Å². The van der Waals surface area contributed by atoms with Gasteiger partial charge in [0.05, 0.1) is 11.3 Å². The van der Waals surface area contributed by atoms with E-state index in [-0.39, 0.29) is 24.0 Å². The first-order valence-electron chi connectivity index (χ1n) is 8.97. The first-order valence-corrected chi connectivity index (χ1v) is 8.97. The fourth-order valence-corrected chi connectivity index (χ4v) is 3.07. The van der Waals surface area contributed by atoms with Gasteiger partial charge in [0.2, 0.25) is 5.91 Å². The van der Waals surface area contributed by atoms with Crippen LogP contribution in [0.5, 0.6) is 0 Å². The molecule has 0 radical (unpaired) electrons. The Bertz CT molecular complexity index is 725. The maximum absolute atomic E-state index is 12.5. The Morgan fingerprint density at radius 1 is 1.23 bits per heavy atom. The number of anilines is 1. The summed E-state index contributed by atoms with van der Waals surface area (Å²) >= 11 is 0. The van der Waals surface area contributed by atoms with E-state index in [1.54, 1.807) is 30.0 Å². The largest absolute Gasteiger partial charge is 0.452 e. The highest BCUT2D eigenvalue weighted by molar-refractivity contribution is 6.02. The van der Waals surface area contributed by atoms with Crippen LogP contribution in [0.1, 0.15) is 55.5 Å². The average molecular weight is 358 g/mol. The van der Waals surface area contributed by atoms with Crippen molar-refractivity contribution >= 4 is 23.5 Å². The number of amides is 2. The Morgan fingerprint density at radius 2 is 2.00 bits per heavy atom. The number of allylic oxidation sites excluding steroid dienone is 2. The standard InChI is InChI=1S/C20H26N2O4/c1-4-22(16-10-6-5-7-11-16)18(24)13-26-20(25)17-12-8-9-14(2)19(17)21-15(3)23/h8-10,12H,4-7,11,13H2,1-3H3,(H,21,23). The topological polar surface area (TPSA) is 75.7 Å². The van der Waals surface area contributed by atoms with E-state index in [0.717, 1.165) is 36.9 Å². The lowest BCUT2D eigenvalue weighted by Crippen LogP contribution is -2.34. The second-order valence-electron chi connectivity index (χ2n) is 6.33. The number of carbonyl (C=O) groups is 3. The van der Waals surface area contributed by atoms with Crippen molar-refractivity contribution in [2.24, 2.45) is 0 Å². The molecule has 0 fully saturated rings. The number of esters is 1. The Hall–Kier alpha value is -2.63. The molecule has 2 amide bonds. The molecule has 6 nitrogen and oxygen atoms in total. The average Bonchev–Trinajstić information content (AvgIpc) is 2.62. The van der Waals surface area contributed by atoms with Crippen LogP contribution in [0.25, 0.3) is 0 Å². The van der Waals surface area contributed by atoms with E-state index in [1.807, 2.05) is 6.92 Å². The SMILES string of the molecule is CCN(C(=O)COC(=O)c1cccc(C)c1NC(C)=O)C1=CCCCC1. The number of hydrogen-bond acceptors (Lipinski definition) is 4. The van der Waals surface area contributed by atoms with Crippen molar-refractivity contribution in [3.05, 3.63) is 41.1 Å². The number of carbonyl (C=O) groups excluding carboxylic acids is 3. The fraction of sp³-hybridized carbons (Fsp3) is 0.450. The van der Waals surface area contributed by atoms with E-state index in [2.05, 4.69) is 11.4 Å². The minimum absolute atomic E-state index is 0.234. The number of aryl methyl sites for hydroxylation is 1. The smallest absolute Gasteiger partial charge is 0.340 e. The Kier molecular flexibility index (Phi) is 6.95. The molecule has 0 heterocycles. The molecule has 1 N–H and O–H groups in total. The van der Waals surface area contributed by atoms with Crippen LogP contribution in [0.3, 0.4) is 0 Å². The van der Waals surface area contributed by atoms with E-state index >= 15 is 0 Å². The summed E-state index contributed by atoms with van der Waals surface area (Å²) in [5.74, 6) is -1.13. The molecular weight excluding hydrogens is 332 g/mol. The van der Waals surface area contributed by atoms with Gasteiger partial charge in [-0.15, -0.1) is 0 Å². The van der Waals surface area contributed by atoms with Gasteiger partial charge in [0.15, 0.2) is 6.61 Å². The Balaban J connectivity index is 2.06. The van der Waals surface area contributed by atoms with Gasteiger partial charge >= 0.3 is 5.97 Å². The number of nitrogens with zero attached hydrogens (tertiary/aromatic N) is 1. The molecule has 6 heteroatoms. The summed E-state index contributed by atoms with van der Waals surface area (Å²) in [5.41, 5.74) is 2.42. The molecular formula is C20H26N2O4. The quantitative estimate of drug-likeness (QED) is 0.791. The van der Waals surface area contributed by atoms with Crippen LogP contribution in [-0.2, 0) is 14.3 Å². The van der Waals surface area contributed by atoms with E-state index < -0.39 is 5.97 Å². The molecule has 26 heavy (non-hydrogen) atoms. The van der Waals surface area contributed by atoms with E-state index in [0.29, 0.717) is 12.2 Å². The van der Waals surface area contributed by atoms with Crippen molar-refractivity contribution in [3.8, 4) is 0 Å². The second kappa shape index (κ2) is 9.17. The van der Waals surface area contributed by atoms with Gasteiger partial charge in [0.1, 0.15) is 0 Å². The first kappa shape index (κ1) is 19.7. The highest BCUT2D eigenvalue weighted by Gasteiger charge is 2.21. The molecule has 0 unspecified atom stereocenters. The molecule has 1 aromatic carbocycles. The summed E-state index contributed by atoms with van der Waals surface area (Å²) < 4.78 is 5.23. The highest BCUT2D eigenvalue weighted by Crippen LogP contribution is 2.23. The van der Waals surface area contributed by atoms with Crippen molar-refractivity contribution in [1.29, 1.82) is 0 Å². The van der Waals surface area contributed by atoms with Crippen molar-refractivity contribution in [1.82, 2.24) is 4.90 Å². The third-order valence-electron chi connectivity index (χ3n) is 4.35. The number of hydrogen-bond donors (Lipinski definition) is 1. The van der Waals surface area contributed by atoms with Gasteiger partial charge < -0.3 is 15.0 Å². The number of nitrogens with one attached hydrogen (secondary N) is 1.